The molecule has 2 radical (unpaired) electrons. The Morgan fingerprint density at radius 1 is 1.20 bits per heavy atom. The van der Waals surface area contributed by atoms with Gasteiger partial charge in [-0.3, -0.25) is 4.90 Å². The summed E-state index contributed by atoms with van der Waals surface area (Å²) in [6.45, 7) is 12.8. The first kappa shape index (κ1) is 13.8. The van der Waals surface area contributed by atoms with Crippen molar-refractivity contribution in [2.75, 3.05) is 13.1 Å². The van der Waals surface area contributed by atoms with Gasteiger partial charge in [0.2, 0.25) is 0 Å². The van der Waals surface area contributed by atoms with Gasteiger partial charge >= 0.3 is 0 Å². The van der Waals surface area contributed by atoms with Gasteiger partial charge in [0.15, 0.2) is 0 Å². The van der Waals surface area contributed by atoms with Crippen LogP contribution >= 0.6 is 22.6 Å². The molecule has 1 saturated heterocycles. The molecule has 1 aliphatic heterocycles. The Bertz CT molecular complexity index is 200. The Labute approximate surface area is 109 Å². The molecule has 86 valence electrons. The van der Waals surface area contributed by atoms with Crippen LogP contribution in [0.5, 0.6) is 0 Å². The van der Waals surface area contributed by atoms with E-state index >= 15 is 0 Å². The highest BCUT2D eigenvalue weighted by Crippen LogP contribution is 2.30. The van der Waals surface area contributed by atoms with E-state index in [4.69, 9.17) is 12.6 Å². The summed E-state index contributed by atoms with van der Waals surface area (Å²) in [6.07, 6.45) is 0.209. The van der Waals surface area contributed by atoms with Gasteiger partial charge < -0.3 is 4.74 Å². The smallest absolute Gasteiger partial charge is 0.110 e. The molecule has 2 unspecified atom stereocenters. The average molecular weight is 321 g/mol. The lowest BCUT2D eigenvalue weighted by Gasteiger charge is -2.47. The highest BCUT2D eigenvalue weighted by atomic mass is 127. The number of hydrogen-bond acceptors (Lipinski definition) is 2. The second-order valence-corrected chi connectivity index (χ2v) is 8.58. The summed E-state index contributed by atoms with van der Waals surface area (Å²) in [4.78, 5) is 2.41. The van der Waals surface area contributed by atoms with E-state index in [0.717, 1.165) is 13.1 Å². The van der Waals surface area contributed by atoms with Crippen molar-refractivity contribution in [3.8, 4) is 0 Å². The molecule has 0 bridgehead atoms. The summed E-state index contributed by atoms with van der Waals surface area (Å²) < 4.78 is 5.93. The predicted molar refractivity (Wildman–Crippen MR) is 73.8 cm³/mol. The van der Waals surface area contributed by atoms with Crippen LogP contribution in [0.25, 0.3) is 0 Å². The van der Waals surface area contributed by atoms with Crippen LogP contribution in [0.1, 0.15) is 34.6 Å². The molecular weight excluding hydrogens is 300 g/mol. The molecule has 4 heteroatoms. The Kier molecular flexibility index (Phi) is 4.16. The van der Waals surface area contributed by atoms with E-state index in [1.165, 1.54) is 0 Å². The van der Waals surface area contributed by atoms with Crippen molar-refractivity contribution in [3.05, 3.63) is 0 Å². The fraction of sp³-hybridized carbons (Fsp3) is 1.00. The van der Waals surface area contributed by atoms with Gasteiger partial charge in [0.1, 0.15) is 7.85 Å². The Morgan fingerprint density at radius 2 is 1.73 bits per heavy atom. The van der Waals surface area contributed by atoms with Gasteiger partial charge in [0.25, 0.3) is 0 Å². The minimum absolute atomic E-state index is 0.124. The number of hydrogen-bond donors (Lipinski definition) is 0. The summed E-state index contributed by atoms with van der Waals surface area (Å²) in [6, 6.07) is -0.156. The van der Waals surface area contributed by atoms with Crippen LogP contribution in [0.2, 0.25) is 0 Å². The summed E-state index contributed by atoms with van der Waals surface area (Å²) in [5.41, 5.74) is 0.168. The third kappa shape index (κ3) is 3.89. The predicted octanol–water partition coefficient (Wildman–Crippen LogP) is 2.19. The maximum Gasteiger partial charge on any atom is 0.110 e. The van der Waals surface area contributed by atoms with Crippen molar-refractivity contribution in [2.45, 2.75) is 55.7 Å². The highest BCUT2D eigenvalue weighted by molar-refractivity contribution is 14.1. The third-order valence-electron chi connectivity index (χ3n) is 2.84. The molecule has 0 aromatic rings. The number of nitrogens with zero attached hydrogens (tertiary/aromatic N) is 1. The Balaban J connectivity index is 2.73. The van der Waals surface area contributed by atoms with Crippen molar-refractivity contribution in [3.63, 3.8) is 0 Å². The molecular formula is C11H21BINO. The Morgan fingerprint density at radius 3 is 2.13 bits per heavy atom. The molecule has 1 aliphatic rings. The van der Waals surface area contributed by atoms with E-state index in [9.17, 15) is 0 Å². The number of ether oxygens (including phenoxy) is 1. The van der Waals surface area contributed by atoms with Crippen LogP contribution in [0.4, 0.5) is 0 Å². The van der Waals surface area contributed by atoms with E-state index < -0.39 is 0 Å². The van der Waals surface area contributed by atoms with Crippen molar-refractivity contribution in [1.82, 2.24) is 4.90 Å². The van der Waals surface area contributed by atoms with Crippen molar-refractivity contribution in [2.24, 2.45) is 0 Å². The molecule has 1 rings (SSSR count). The monoisotopic (exact) mass is 321 g/mol. The zero-order valence-electron chi connectivity index (χ0n) is 10.4. The molecule has 15 heavy (non-hydrogen) atoms. The lowest BCUT2D eigenvalue weighted by Crippen LogP contribution is -2.58. The van der Waals surface area contributed by atoms with Gasteiger partial charge in [-0.05, 0) is 34.6 Å². The van der Waals surface area contributed by atoms with E-state index in [1.807, 2.05) is 0 Å². The summed E-state index contributed by atoms with van der Waals surface area (Å²) in [5.74, 6) is 0. The molecule has 2 nitrogen and oxygen atoms in total. The second-order valence-electron chi connectivity index (χ2n) is 5.80. The van der Waals surface area contributed by atoms with E-state index in [-0.39, 0.29) is 21.1 Å². The number of halogens is 1. The summed E-state index contributed by atoms with van der Waals surface area (Å²) in [7, 11) is 5.94. The SMILES string of the molecule is [B]C1CN(C(C)(C)C)CC(C(C)(C)I)O1. The lowest BCUT2D eigenvalue weighted by molar-refractivity contribution is -0.0842. The number of rotatable bonds is 1. The van der Waals surface area contributed by atoms with Crippen LogP contribution < -0.4 is 0 Å². The van der Waals surface area contributed by atoms with Crippen LogP contribution in [0.15, 0.2) is 0 Å². The maximum absolute atomic E-state index is 5.94. The van der Waals surface area contributed by atoms with Crippen LogP contribution in [0.3, 0.4) is 0 Å². The fourth-order valence-corrected chi connectivity index (χ4v) is 2.06. The topological polar surface area (TPSA) is 12.5 Å². The quantitative estimate of drug-likeness (QED) is 0.417. The van der Waals surface area contributed by atoms with E-state index in [2.05, 4.69) is 62.1 Å². The van der Waals surface area contributed by atoms with Gasteiger partial charge in [0.05, 0.1) is 6.10 Å². The van der Waals surface area contributed by atoms with Gasteiger partial charge in [-0.25, -0.2) is 0 Å². The molecule has 2 atom stereocenters. The molecule has 0 N–H and O–H groups in total. The zero-order chi connectivity index (χ0) is 11.9. The molecule has 0 saturated carbocycles. The molecule has 1 fully saturated rings. The largest absolute Gasteiger partial charge is 0.381 e. The molecule has 0 aliphatic carbocycles. The molecule has 0 amide bonds. The first-order chi connectivity index (χ1) is 6.60. The number of alkyl halides is 1. The molecule has 0 aromatic heterocycles. The van der Waals surface area contributed by atoms with Gasteiger partial charge in [-0.1, -0.05) is 22.6 Å². The molecule has 1 heterocycles. The van der Waals surface area contributed by atoms with Crippen LogP contribution in [-0.4, -0.2) is 46.9 Å². The van der Waals surface area contributed by atoms with Gasteiger partial charge in [-0.15, -0.1) is 0 Å². The average Bonchev–Trinajstić information content (AvgIpc) is 1.99. The molecule has 0 aromatic carbocycles. The standard InChI is InChI=1S/C11H21BINO/c1-10(2,3)14-6-8(11(4,5)13)15-9(12)7-14/h8-9H,6-7H2,1-5H3. The van der Waals surface area contributed by atoms with E-state index in [0.29, 0.717) is 0 Å². The summed E-state index contributed by atoms with van der Waals surface area (Å²) >= 11 is 2.44. The van der Waals surface area contributed by atoms with Gasteiger partial charge in [0, 0.05) is 28.1 Å². The second kappa shape index (κ2) is 4.53. The first-order valence-corrected chi connectivity index (χ1v) is 6.53. The minimum Gasteiger partial charge on any atom is -0.381 e. The van der Waals surface area contributed by atoms with E-state index in [1.54, 1.807) is 0 Å². The van der Waals surface area contributed by atoms with Crippen LogP contribution in [-0.2, 0) is 4.74 Å². The Hall–Kier alpha value is 0.715. The number of morpholine rings is 1. The molecule has 0 spiro atoms. The van der Waals surface area contributed by atoms with Crippen LogP contribution in [0, 0.1) is 0 Å². The summed E-state index contributed by atoms with van der Waals surface area (Å²) in [5, 5.41) is 0. The zero-order valence-corrected chi connectivity index (χ0v) is 12.5. The van der Waals surface area contributed by atoms with Crippen molar-refractivity contribution >= 4 is 30.4 Å². The first-order valence-electron chi connectivity index (χ1n) is 5.45. The van der Waals surface area contributed by atoms with Gasteiger partial charge in [-0.2, -0.15) is 0 Å². The fourth-order valence-electron chi connectivity index (χ4n) is 1.72. The third-order valence-corrected chi connectivity index (χ3v) is 3.53. The maximum atomic E-state index is 5.94. The van der Waals surface area contributed by atoms with Crippen molar-refractivity contribution in [1.29, 1.82) is 0 Å². The normalized spacial score (nSPS) is 30.5. The highest BCUT2D eigenvalue weighted by Gasteiger charge is 2.37. The van der Waals surface area contributed by atoms with Crippen molar-refractivity contribution < 1.29 is 4.74 Å². The lowest BCUT2D eigenvalue weighted by atomic mass is 9.91. The minimum atomic E-state index is -0.156.